The molecule has 0 saturated heterocycles. The minimum absolute atomic E-state index is 0.123. The van der Waals surface area contributed by atoms with Crippen molar-refractivity contribution in [3.63, 3.8) is 0 Å². The number of nitrogens with zero attached hydrogens (tertiary/aromatic N) is 1. The van der Waals surface area contributed by atoms with E-state index in [0.29, 0.717) is 6.42 Å². The molecule has 10 heteroatoms. The number of non-ortho nitro benzene ring substituents is 1. The zero-order chi connectivity index (χ0) is 18.2. The molecule has 0 bridgehead atoms. The highest BCUT2D eigenvalue weighted by Gasteiger charge is 2.29. The smallest absolute Gasteiger partial charge is 0.341 e. The average Bonchev–Trinajstić information content (AvgIpc) is 3.14. The summed E-state index contributed by atoms with van der Waals surface area (Å²) in [6.07, 6.45) is 2.42. The zero-order valence-corrected chi connectivity index (χ0v) is 14.8. The van der Waals surface area contributed by atoms with Crippen molar-refractivity contribution in [3.05, 3.63) is 50.4 Å². The van der Waals surface area contributed by atoms with Crippen molar-refractivity contribution >= 4 is 38.0 Å². The molecular formula is C15H14N2O6S2. The van der Waals surface area contributed by atoms with Crippen molar-refractivity contribution < 1.29 is 22.9 Å². The Morgan fingerprint density at radius 2 is 1.96 bits per heavy atom. The van der Waals surface area contributed by atoms with Crippen molar-refractivity contribution in [1.29, 1.82) is 0 Å². The van der Waals surface area contributed by atoms with E-state index < -0.39 is 20.9 Å². The molecule has 8 nitrogen and oxygen atoms in total. The van der Waals surface area contributed by atoms with Crippen molar-refractivity contribution in [2.45, 2.75) is 24.2 Å². The number of carbonyl (C=O) groups is 1. The molecule has 1 heterocycles. The van der Waals surface area contributed by atoms with Crippen LogP contribution in [-0.2, 0) is 27.6 Å². The van der Waals surface area contributed by atoms with Crippen LogP contribution < -0.4 is 4.72 Å². The molecule has 1 aromatic heterocycles. The van der Waals surface area contributed by atoms with E-state index in [4.69, 9.17) is 4.74 Å². The van der Waals surface area contributed by atoms with Crippen LogP contribution in [0.4, 0.5) is 10.7 Å². The highest BCUT2D eigenvalue weighted by molar-refractivity contribution is 7.93. The van der Waals surface area contributed by atoms with Crippen LogP contribution >= 0.6 is 11.3 Å². The van der Waals surface area contributed by atoms with Crippen LogP contribution in [0.3, 0.4) is 0 Å². The lowest BCUT2D eigenvalue weighted by Gasteiger charge is -2.09. The number of benzene rings is 1. The van der Waals surface area contributed by atoms with Crippen molar-refractivity contribution in [2.24, 2.45) is 0 Å². The van der Waals surface area contributed by atoms with Gasteiger partial charge in [0.05, 0.1) is 22.5 Å². The van der Waals surface area contributed by atoms with Gasteiger partial charge in [0.25, 0.3) is 15.7 Å². The number of nitro benzene ring substituents is 1. The van der Waals surface area contributed by atoms with Crippen molar-refractivity contribution in [3.8, 4) is 0 Å². The second-order valence-electron chi connectivity index (χ2n) is 5.41. The summed E-state index contributed by atoms with van der Waals surface area (Å²) in [6.45, 7) is 0. The Balaban J connectivity index is 1.96. The number of anilines is 1. The third kappa shape index (κ3) is 3.22. The lowest BCUT2D eigenvalue weighted by atomic mass is 10.1. The van der Waals surface area contributed by atoms with Crippen molar-refractivity contribution in [1.82, 2.24) is 0 Å². The summed E-state index contributed by atoms with van der Waals surface area (Å²) in [7, 11) is -2.73. The van der Waals surface area contributed by atoms with Gasteiger partial charge >= 0.3 is 5.97 Å². The Hall–Kier alpha value is -2.46. The molecule has 0 atom stereocenters. The van der Waals surface area contributed by atoms with Gasteiger partial charge in [-0.05, 0) is 37.0 Å². The van der Waals surface area contributed by atoms with Gasteiger partial charge < -0.3 is 4.74 Å². The van der Waals surface area contributed by atoms with Gasteiger partial charge in [-0.3, -0.25) is 14.8 Å². The standard InChI is InChI=1S/C15H14N2O6S2/c1-23-15(18)13-11-3-2-4-12(11)24-14(13)16-25(21,22)10-7-5-9(6-8-10)17(19)20/h5-8,16H,2-4H2,1H3. The van der Waals surface area contributed by atoms with Gasteiger partial charge in [-0.15, -0.1) is 11.3 Å². The fourth-order valence-electron chi connectivity index (χ4n) is 2.72. The molecule has 0 amide bonds. The van der Waals surface area contributed by atoms with E-state index in [9.17, 15) is 23.3 Å². The summed E-state index contributed by atoms with van der Waals surface area (Å²) in [5.74, 6) is -0.583. The highest BCUT2D eigenvalue weighted by atomic mass is 32.2. The van der Waals surface area contributed by atoms with Crippen LogP contribution in [0, 0.1) is 10.1 Å². The molecule has 25 heavy (non-hydrogen) atoms. The van der Waals surface area contributed by atoms with Gasteiger partial charge in [-0.2, -0.15) is 0 Å². The molecule has 3 rings (SSSR count). The van der Waals surface area contributed by atoms with E-state index >= 15 is 0 Å². The first-order chi connectivity index (χ1) is 11.8. The maximum absolute atomic E-state index is 12.5. The van der Waals surface area contributed by atoms with Gasteiger partial charge in [0, 0.05) is 17.0 Å². The number of sulfonamides is 1. The Bertz CT molecular complexity index is 947. The number of hydrogen-bond donors (Lipinski definition) is 1. The molecule has 1 aromatic carbocycles. The van der Waals surface area contributed by atoms with Gasteiger partial charge in [-0.1, -0.05) is 0 Å². The minimum Gasteiger partial charge on any atom is -0.465 e. The third-order valence-electron chi connectivity index (χ3n) is 3.90. The molecule has 1 N–H and O–H groups in total. The number of ether oxygens (including phenoxy) is 1. The van der Waals surface area contributed by atoms with E-state index in [1.807, 2.05) is 0 Å². The Labute approximate surface area is 147 Å². The average molecular weight is 382 g/mol. The zero-order valence-electron chi connectivity index (χ0n) is 13.1. The second-order valence-corrected chi connectivity index (χ2v) is 8.20. The molecule has 1 aliphatic carbocycles. The van der Waals surface area contributed by atoms with Crippen LogP contribution in [0.2, 0.25) is 0 Å². The van der Waals surface area contributed by atoms with Gasteiger partial charge in [0.1, 0.15) is 5.00 Å². The maximum Gasteiger partial charge on any atom is 0.341 e. The largest absolute Gasteiger partial charge is 0.465 e. The highest BCUT2D eigenvalue weighted by Crippen LogP contribution is 2.40. The number of aryl methyl sites for hydroxylation is 1. The summed E-state index contributed by atoms with van der Waals surface area (Å²) in [5, 5.41) is 10.9. The fourth-order valence-corrected chi connectivity index (χ4v) is 5.31. The topological polar surface area (TPSA) is 116 Å². The number of nitrogens with one attached hydrogen (secondary N) is 1. The Kier molecular flexibility index (Phi) is 4.48. The van der Waals surface area contributed by atoms with Crippen LogP contribution in [0.1, 0.15) is 27.2 Å². The van der Waals surface area contributed by atoms with E-state index in [-0.39, 0.29) is 21.1 Å². The van der Waals surface area contributed by atoms with E-state index in [1.165, 1.54) is 18.4 Å². The predicted molar refractivity (Wildman–Crippen MR) is 91.6 cm³/mol. The van der Waals surface area contributed by atoms with Gasteiger partial charge in [0.15, 0.2) is 0 Å². The Morgan fingerprint density at radius 1 is 1.28 bits per heavy atom. The SMILES string of the molecule is COC(=O)c1c(NS(=O)(=O)c2ccc([N+](=O)[O-])cc2)sc2c1CCC2. The first kappa shape index (κ1) is 17.4. The monoisotopic (exact) mass is 382 g/mol. The summed E-state index contributed by atoms with van der Waals surface area (Å²) in [5.41, 5.74) is 0.882. The molecule has 0 spiro atoms. The number of hydrogen-bond acceptors (Lipinski definition) is 7. The maximum atomic E-state index is 12.5. The molecule has 1 aliphatic rings. The van der Waals surface area contributed by atoms with Crippen LogP contribution in [0.15, 0.2) is 29.2 Å². The lowest BCUT2D eigenvalue weighted by molar-refractivity contribution is -0.384. The van der Waals surface area contributed by atoms with E-state index in [0.717, 1.165) is 47.5 Å². The molecular weight excluding hydrogens is 368 g/mol. The first-order valence-corrected chi connectivity index (χ1v) is 9.63. The molecule has 132 valence electrons. The number of esters is 1. The summed E-state index contributed by atoms with van der Waals surface area (Å²) in [6, 6.07) is 4.54. The normalized spacial score (nSPS) is 13.3. The minimum atomic E-state index is -3.98. The number of nitro groups is 1. The van der Waals surface area contributed by atoms with Gasteiger partial charge in [-0.25, -0.2) is 13.2 Å². The molecule has 0 saturated carbocycles. The third-order valence-corrected chi connectivity index (χ3v) is 6.60. The fraction of sp³-hybridized carbons (Fsp3) is 0.267. The van der Waals surface area contributed by atoms with Crippen molar-refractivity contribution in [2.75, 3.05) is 11.8 Å². The number of methoxy groups -OCH3 is 1. The second kappa shape index (κ2) is 6.45. The number of carbonyl (C=O) groups excluding carboxylic acids is 1. The quantitative estimate of drug-likeness (QED) is 0.483. The van der Waals surface area contributed by atoms with Crippen LogP contribution in [0.25, 0.3) is 0 Å². The molecule has 0 aliphatic heterocycles. The molecule has 0 unspecified atom stereocenters. The molecule has 2 aromatic rings. The van der Waals surface area contributed by atoms with E-state index in [2.05, 4.69) is 4.72 Å². The van der Waals surface area contributed by atoms with Gasteiger partial charge in [0.2, 0.25) is 0 Å². The summed E-state index contributed by atoms with van der Waals surface area (Å²) in [4.78, 5) is 23.0. The molecule has 0 radical (unpaired) electrons. The van der Waals surface area contributed by atoms with Crippen LogP contribution in [-0.4, -0.2) is 26.4 Å². The number of rotatable bonds is 5. The molecule has 0 fully saturated rings. The van der Waals surface area contributed by atoms with Crippen LogP contribution in [0.5, 0.6) is 0 Å². The summed E-state index contributed by atoms with van der Waals surface area (Å²) < 4.78 is 32.3. The summed E-state index contributed by atoms with van der Waals surface area (Å²) >= 11 is 1.22. The number of fused-ring (bicyclic) bond motifs is 1. The number of thiophene rings is 1. The first-order valence-electron chi connectivity index (χ1n) is 7.33. The lowest BCUT2D eigenvalue weighted by Crippen LogP contribution is -2.15. The van der Waals surface area contributed by atoms with E-state index in [1.54, 1.807) is 0 Å². The predicted octanol–water partition coefficient (Wildman–Crippen LogP) is 2.73. The Morgan fingerprint density at radius 3 is 2.56 bits per heavy atom.